The first-order chi connectivity index (χ1) is 10.7. The summed E-state index contributed by atoms with van der Waals surface area (Å²) in [5.41, 5.74) is 12.9. The number of thioether (sulfide) groups is 1. The molecule has 1 aromatic carbocycles. The van der Waals surface area contributed by atoms with Crippen LogP contribution in [0.4, 0.5) is 0 Å². The zero-order valence-electron chi connectivity index (χ0n) is 12.4. The number of nitrogens with zero attached hydrogens (tertiary/aromatic N) is 3. The fourth-order valence-corrected chi connectivity index (χ4v) is 2.39. The molecule has 2 rings (SSSR count). The van der Waals surface area contributed by atoms with Crippen molar-refractivity contribution in [3.05, 3.63) is 53.9 Å². The highest BCUT2D eigenvalue weighted by atomic mass is 32.2. The van der Waals surface area contributed by atoms with Crippen LogP contribution in [0.3, 0.4) is 0 Å². The SMILES string of the molecule is COc1ccc(/C(=N/N=C(N)N)c2ncccc2SC)cc1. The third-order valence-electron chi connectivity index (χ3n) is 2.84. The van der Waals surface area contributed by atoms with Crippen LogP contribution in [0.1, 0.15) is 11.3 Å². The fraction of sp³-hybridized carbons (Fsp3) is 0.133. The molecule has 0 fully saturated rings. The zero-order chi connectivity index (χ0) is 15.9. The van der Waals surface area contributed by atoms with Crippen molar-refractivity contribution in [3.63, 3.8) is 0 Å². The van der Waals surface area contributed by atoms with E-state index in [2.05, 4.69) is 15.2 Å². The van der Waals surface area contributed by atoms with Gasteiger partial charge in [-0.05, 0) is 42.7 Å². The number of nitrogens with two attached hydrogens (primary N) is 2. The summed E-state index contributed by atoms with van der Waals surface area (Å²) in [4.78, 5) is 5.40. The lowest BCUT2D eigenvalue weighted by Crippen LogP contribution is -2.22. The van der Waals surface area contributed by atoms with Crippen molar-refractivity contribution in [1.29, 1.82) is 0 Å². The van der Waals surface area contributed by atoms with Crippen LogP contribution in [-0.2, 0) is 0 Å². The Bertz CT molecular complexity index is 693. The Labute approximate surface area is 133 Å². The molecule has 2 aromatic rings. The highest BCUT2D eigenvalue weighted by Gasteiger charge is 2.13. The molecule has 4 N–H and O–H groups in total. The van der Waals surface area contributed by atoms with Gasteiger partial charge in [0.1, 0.15) is 17.2 Å². The second-order valence-electron chi connectivity index (χ2n) is 4.26. The minimum atomic E-state index is -0.104. The van der Waals surface area contributed by atoms with E-state index in [1.807, 2.05) is 42.7 Å². The van der Waals surface area contributed by atoms with E-state index >= 15 is 0 Å². The largest absolute Gasteiger partial charge is 0.497 e. The number of aromatic nitrogens is 1. The van der Waals surface area contributed by atoms with Crippen LogP contribution in [0.5, 0.6) is 5.75 Å². The maximum atomic E-state index is 5.39. The van der Waals surface area contributed by atoms with Gasteiger partial charge in [-0.15, -0.1) is 22.0 Å². The Morgan fingerprint density at radius 2 is 1.86 bits per heavy atom. The molecule has 0 spiro atoms. The van der Waals surface area contributed by atoms with Gasteiger partial charge in [0.05, 0.1) is 7.11 Å². The maximum absolute atomic E-state index is 5.39. The summed E-state index contributed by atoms with van der Waals surface area (Å²) in [7, 11) is 1.62. The summed E-state index contributed by atoms with van der Waals surface area (Å²) in [5.74, 6) is 0.656. The number of hydrogen-bond acceptors (Lipinski definition) is 5. The number of pyridine rings is 1. The minimum absolute atomic E-state index is 0.104. The van der Waals surface area contributed by atoms with E-state index in [-0.39, 0.29) is 5.96 Å². The number of rotatable bonds is 5. The Balaban J connectivity index is 2.55. The first-order valence-corrected chi connectivity index (χ1v) is 7.68. The van der Waals surface area contributed by atoms with Gasteiger partial charge >= 0.3 is 0 Å². The molecule has 0 saturated carbocycles. The zero-order valence-corrected chi connectivity index (χ0v) is 13.2. The molecule has 22 heavy (non-hydrogen) atoms. The average molecular weight is 315 g/mol. The van der Waals surface area contributed by atoms with E-state index in [9.17, 15) is 0 Å². The molecule has 0 aliphatic rings. The van der Waals surface area contributed by atoms with Crippen LogP contribution in [0.15, 0.2) is 57.7 Å². The third kappa shape index (κ3) is 3.76. The average Bonchev–Trinajstić information content (AvgIpc) is 2.55. The van der Waals surface area contributed by atoms with Crippen LogP contribution >= 0.6 is 11.8 Å². The van der Waals surface area contributed by atoms with Crippen molar-refractivity contribution < 1.29 is 4.74 Å². The van der Waals surface area contributed by atoms with Gasteiger partial charge in [0.25, 0.3) is 0 Å². The van der Waals surface area contributed by atoms with Crippen LogP contribution < -0.4 is 16.2 Å². The van der Waals surface area contributed by atoms with Gasteiger partial charge in [-0.3, -0.25) is 4.98 Å². The Hall–Kier alpha value is -2.54. The Morgan fingerprint density at radius 1 is 1.14 bits per heavy atom. The number of benzene rings is 1. The molecule has 0 amide bonds. The fourth-order valence-electron chi connectivity index (χ4n) is 1.83. The van der Waals surface area contributed by atoms with E-state index in [4.69, 9.17) is 16.2 Å². The van der Waals surface area contributed by atoms with Gasteiger partial charge in [-0.2, -0.15) is 0 Å². The molecule has 1 aromatic heterocycles. The molecule has 0 atom stereocenters. The van der Waals surface area contributed by atoms with E-state index in [0.717, 1.165) is 21.9 Å². The number of methoxy groups -OCH3 is 1. The topological polar surface area (TPSA) is 98.9 Å². The van der Waals surface area contributed by atoms with Crippen molar-refractivity contribution in [2.45, 2.75) is 4.90 Å². The maximum Gasteiger partial charge on any atom is 0.211 e. The molecule has 6 nitrogen and oxygen atoms in total. The summed E-state index contributed by atoms with van der Waals surface area (Å²) in [6.45, 7) is 0. The molecular weight excluding hydrogens is 298 g/mol. The van der Waals surface area contributed by atoms with E-state index in [1.165, 1.54) is 0 Å². The van der Waals surface area contributed by atoms with Crippen molar-refractivity contribution in [2.24, 2.45) is 21.7 Å². The predicted molar refractivity (Wildman–Crippen MR) is 90.5 cm³/mol. The van der Waals surface area contributed by atoms with Crippen molar-refractivity contribution in [3.8, 4) is 5.75 Å². The summed E-state index contributed by atoms with van der Waals surface area (Å²) >= 11 is 1.58. The van der Waals surface area contributed by atoms with Crippen LogP contribution in [0, 0.1) is 0 Å². The van der Waals surface area contributed by atoms with Gasteiger partial charge in [0.2, 0.25) is 5.96 Å². The molecule has 0 bridgehead atoms. The van der Waals surface area contributed by atoms with E-state index in [0.29, 0.717) is 5.71 Å². The van der Waals surface area contributed by atoms with Gasteiger partial charge in [-0.25, -0.2) is 0 Å². The summed E-state index contributed by atoms with van der Waals surface area (Å²) < 4.78 is 5.17. The standard InChI is InChI=1S/C15H17N5OS/c1-21-11-7-5-10(6-8-11)13(19-20-15(16)17)14-12(22-2)4-3-9-18-14/h3-9H,1-2H3,(H4,16,17,20)/b19-13-. The lowest BCUT2D eigenvalue weighted by Gasteiger charge is -2.09. The Kier molecular flexibility index (Phi) is 5.37. The third-order valence-corrected chi connectivity index (χ3v) is 3.61. The predicted octanol–water partition coefficient (Wildman–Crippen LogP) is 1.84. The monoisotopic (exact) mass is 315 g/mol. The smallest absolute Gasteiger partial charge is 0.211 e. The number of guanidine groups is 1. The number of hydrogen-bond donors (Lipinski definition) is 2. The molecule has 114 valence electrons. The van der Waals surface area contributed by atoms with Gasteiger partial charge in [-0.1, -0.05) is 0 Å². The van der Waals surface area contributed by atoms with E-state index < -0.39 is 0 Å². The molecule has 0 radical (unpaired) electrons. The molecule has 0 saturated heterocycles. The summed E-state index contributed by atoms with van der Waals surface area (Å²) in [5, 5.41) is 7.94. The van der Waals surface area contributed by atoms with E-state index in [1.54, 1.807) is 25.1 Å². The second-order valence-corrected chi connectivity index (χ2v) is 5.10. The van der Waals surface area contributed by atoms with Crippen molar-refractivity contribution >= 4 is 23.4 Å². The second kappa shape index (κ2) is 7.46. The van der Waals surface area contributed by atoms with Crippen molar-refractivity contribution in [1.82, 2.24) is 4.98 Å². The normalized spacial score (nSPS) is 11.1. The van der Waals surface area contributed by atoms with Crippen LogP contribution in [0.2, 0.25) is 0 Å². The van der Waals surface area contributed by atoms with Crippen molar-refractivity contribution in [2.75, 3.05) is 13.4 Å². The molecule has 0 aliphatic carbocycles. The molecular formula is C15H17N5OS. The van der Waals surface area contributed by atoms with Gasteiger partial charge in [0.15, 0.2) is 0 Å². The lowest BCUT2D eigenvalue weighted by atomic mass is 10.1. The molecule has 1 heterocycles. The summed E-state index contributed by atoms with van der Waals surface area (Å²) in [6.07, 6.45) is 3.69. The minimum Gasteiger partial charge on any atom is -0.497 e. The molecule has 7 heteroatoms. The van der Waals surface area contributed by atoms with Gasteiger partial charge < -0.3 is 16.2 Å². The van der Waals surface area contributed by atoms with Crippen LogP contribution in [-0.4, -0.2) is 30.0 Å². The first-order valence-electron chi connectivity index (χ1n) is 6.46. The van der Waals surface area contributed by atoms with Gasteiger partial charge in [0, 0.05) is 16.7 Å². The quantitative estimate of drug-likeness (QED) is 0.379. The Morgan fingerprint density at radius 3 is 2.45 bits per heavy atom. The molecule has 0 aliphatic heterocycles. The summed E-state index contributed by atoms with van der Waals surface area (Å²) in [6, 6.07) is 11.3. The molecule has 0 unspecified atom stereocenters. The lowest BCUT2D eigenvalue weighted by molar-refractivity contribution is 0.415. The highest BCUT2D eigenvalue weighted by molar-refractivity contribution is 7.98. The number of ether oxygens (including phenoxy) is 1. The highest BCUT2D eigenvalue weighted by Crippen LogP contribution is 2.22. The first kappa shape index (κ1) is 15.8. The van der Waals surface area contributed by atoms with Crippen LogP contribution in [0.25, 0.3) is 0 Å².